The monoisotopic (exact) mass is 426 g/mol. The number of hydrogen-bond donors (Lipinski definition) is 3. The van der Waals surface area contributed by atoms with Gasteiger partial charge in [-0.05, 0) is 11.9 Å². The molecule has 0 aromatic heterocycles. The molecule has 4 rings (SSSR count). The Labute approximate surface area is 223 Å². The van der Waals surface area contributed by atoms with Gasteiger partial charge in [0.1, 0.15) is 0 Å². The summed E-state index contributed by atoms with van der Waals surface area (Å²) >= 11 is 0. The SMILES string of the molecule is [CH-]=C(C1=C(c2[c-]ccc(N)c2C=N)C2CCC1C2)c1ccc(C(=O)NC[CH2-])cc1.[CH3-].[CH3-].[Li+].[Li+]. The van der Waals surface area contributed by atoms with Crippen LogP contribution in [0.25, 0.3) is 11.1 Å². The van der Waals surface area contributed by atoms with E-state index in [2.05, 4.69) is 18.3 Å². The van der Waals surface area contributed by atoms with E-state index in [4.69, 9.17) is 17.7 Å². The number of nitrogens with two attached hydrogens (primary N) is 1. The molecule has 0 aliphatic heterocycles. The van der Waals surface area contributed by atoms with E-state index in [1.807, 2.05) is 18.2 Å². The van der Waals surface area contributed by atoms with Crippen molar-refractivity contribution in [2.24, 2.45) is 11.8 Å². The summed E-state index contributed by atoms with van der Waals surface area (Å²) in [5.74, 6) is 0.694. The van der Waals surface area contributed by atoms with Crippen molar-refractivity contribution in [1.29, 1.82) is 5.41 Å². The summed E-state index contributed by atoms with van der Waals surface area (Å²) in [5.41, 5.74) is 12.9. The van der Waals surface area contributed by atoms with Gasteiger partial charge in [0.15, 0.2) is 0 Å². The third-order valence-electron chi connectivity index (χ3n) is 6.06. The maximum atomic E-state index is 12.0. The summed E-state index contributed by atoms with van der Waals surface area (Å²) in [6, 6.07) is 14.3. The zero-order valence-corrected chi connectivity index (χ0v) is 20.3. The fourth-order valence-corrected chi connectivity index (χ4v) is 4.73. The second-order valence-electron chi connectivity index (χ2n) is 7.65. The molecule has 2 unspecified atom stereocenters. The van der Waals surface area contributed by atoms with Crippen LogP contribution in [0, 0.1) is 51.7 Å². The Morgan fingerprint density at radius 2 is 1.76 bits per heavy atom. The molecule has 4 N–H and O–H groups in total. The van der Waals surface area contributed by atoms with Crippen molar-refractivity contribution in [2.45, 2.75) is 19.3 Å². The maximum Gasteiger partial charge on any atom is 1.00 e. The molecule has 2 atom stereocenters. The summed E-state index contributed by atoms with van der Waals surface area (Å²) in [6.45, 7) is 10.7. The molecule has 1 amide bonds. The molecule has 0 saturated heterocycles. The summed E-state index contributed by atoms with van der Waals surface area (Å²) in [6.07, 6.45) is 4.64. The molecule has 6 heteroatoms. The van der Waals surface area contributed by atoms with Crippen molar-refractivity contribution in [3.05, 3.63) is 98.6 Å². The second kappa shape index (κ2) is 13.1. The second-order valence-corrected chi connectivity index (χ2v) is 7.65. The van der Waals surface area contributed by atoms with Gasteiger partial charge >= 0.3 is 37.7 Å². The standard InChI is InChI=1S/C25H24N3O.2CH3.2Li/c1-3-28-25(29)17-9-7-16(8-10-17)15(2)23-18-11-12-19(13-18)24(23)20-5-4-6-22(27)21(20)14-26;;;;/h2,4,6-10,14,18-19,26H,1,3,11-13,27H2,(H,28,29);2*1H3;;/q-3;2*-1;2*+1. The minimum Gasteiger partial charge on any atom is -0.413 e. The number of fused-ring (bicyclic) bond motifs is 2. The quantitative estimate of drug-likeness (QED) is 0.246. The molecule has 2 bridgehead atoms. The average molecular weight is 426 g/mol. The van der Waals surface area contributed by atoms with Crippen LogP contribution < -0.4 is 48.8 Å². The Morgan fingerprint density at radius 1 is 1.15 bits per heavy atom. The summed E-state index contributed by atoms with van der Waals surface area (Å²) < 4.78 is 0. The topological polar surface area (TPSA) is 79.0 Å². The van der Waals surface area contributed by atoms with Gasteiger partial charge in [-0.2, -0.15) is 16.7 Å². The van der Waals surface area contributed by atoms with Gasteiger partial charge in [0.2, 0.25) is 5.91 Å². The first-order chi connectivity index (χ1) is 14.0. The molecule has 2 aliphatic carbocycles. The van der Waals surface area contributed by atoms with Crippen LogP contribution in [0.4, 0.5) is 5.69 Å². The number of anilines is 1. The van der Waals surface area contributed by atoms with Crippen LogP contribution in [-0.4, -0.2) is 18.7 Å². The fourth-order valence-electron chi connectivity index (χ4n) is 4.73. The minimum absolute atomic E-state index is 0. The Morgan fingerprint density at radius 3 is 2.36 bits per heavy atom. The molecule has 1 saturated carbocycles. The van der Waals surface area contributed by atoms with Crippen LogP contribution in [0.1, 0.15) is 46.3 Å². The zero-order valence-electron chi connectivity index (χ0n) is 20.3. The number of amides is 1. The smallest absolute Gasteiger partial charge is 0.413 e. The van der Waals surface area contributed by atoms with E-state index >= 15 is 0 Å². The Hall–Kier alpha value is -1.95. The van der Waals surface area contributed by atoms with Crippen LogP contribution >= 0.6 is 0 Å². The predicted octanol–water partition coefficient (Wildman–Crippen LogP) is -0.761. The van der Waals surface area contributed by atoms with E-state index in [9.17, 15) is 4.79 Å². The van der Waals surface area contributed by atoms with Crippen molar-refractivity contribution in [3.8, 4) is 0 Å². The number of benzene rings is 2. The Bertz CT molecular complexity index is 1030. The van der Waals surface area contributed by atoms with Crippen LogP contribution in [0.5, 0.6) is 0 Å². The number of nitrogen functional groups attached to an aromatic ring is 1. The number of nitrogens with one attached hydrogen (secondary N) is 2. The number of carbonyl (C=O) groups is 1. The minimum atomic E-state index is -0.144. The molecular formula is C27H30Li2N3O-3. The van der Waals surface area contributed by atoms with Gasteiger partial charge in [-0.3, -0.25) is 4.79 Å². The molecule has 33 heavy (non-hydrogen) atoms. The molecule has 0 radical (unpaired) electrons. The molecule has 0 spiro atoms. The van der Waals surface area contributed by atoms with Crippen LogP contribution in [0.15, 0.2) is 42.0 Å². The molecule has 164 valence electrons. The molecule has 0 heterocycles. The summed E-state index contributed by atoms with van der Waals surface area (Å²) in [4.78, 5) is 12.0. The van der Waals surface area contributed by atoms with E-state index in [-0.39, 0.29) is 58.5 Å². The van der Waals surface area contributed by atoms with E-state index in [1.54, 1.807) is 18.2 Å². The van der Waals surface area contributed by atoms with Gasteiger partial charge in [-0.15, -0.1) is 48.0 Å². The fraction of sp³-hybridized carbons (Fsp3) is 0.222. The van der Waals surface area contributed by atoms with Crippen LogP contribution in [0.2, 0.25) is 0 Å². The first kappa shape index (κ1) is 31.1. The average Bonchev–Trinajstić information content (AvgIpc) is 3.35. The number of allylic oxidation sites excluding steroid dienone is 3. The van der Waals surface area contributed by atoms with Gasteiger partial charge in [-0.1, -0.05) is 48.8 Å². The van der Waals surface area contributed by atoms with Gasteiger partial charge in [0, 0.05) is 5.56 Å². The number of rotatable bonds is 6. The van der Waals surface area contributed by atoms with Crippen molar-refractivity contribution in [1.82, 2.24) is 5.32 Å². The maximum absolute atomic E-state index is 12.0. The molecule has 2 aliphatic rings. The molecule has 4 nitrogen and oxygen atoms in total. The Balaban J connectivity index is 0.00000256. The normalized spacial score (nSPS) is 17.6. The van der Waals surface area contributed by atoms with Crippen LogP contribution in [0.3, 0.4) is 0 Å². The molecule has 1 fully saturated rings. The van der Waals surface area contributed by atoms with Gasteiger partial charge in [0.25, 0.3) is 0 Å². The molecule has 2 aromatic rings. The zero-order chi connectivity index (χ0) is 20.5. The first-order valence-corrected chi connectivity index (χ1v) is 9.90. The number of carbonyl (C=O) groups excluding carboxylic acids is 1. The van der Waals surface area contributed by atoms with E-state index < -0.39 is 0 Å². The number of hydrogen-bond acceptors (Lipinski definition) is 3. The van der Waals surface area contributed by atoms with Crippen molar-refractivity contribution in [3.63, 3.8) is 0 Å². The largest absolute Gasteiger partial charge is 1.00 e. The van der Waals surface area contributed by atoms with Crippen molar-refractivity contribution < 1.29 is 42.5 Å². The summed E-state index contributed by atoms with van der Waals surface area (Å²) in [5, 5.41) is 10.5. The van der Waals surface area contributed by atoms with Gasteiger partial charge in [-0.25, -0.2) is 6.58 Å². The van der Waals surface area contributed by atoms with Crippen molar-refractivity contribution >= 4 is 29.0 Å². The summed E-state index contributed by atoms with van der Waals surface area (Å²) in [7, 11) is 0. The van der Waals surface area contributed by atoms with E-state index in [0.717, 1.165) is 41.5 Å². The molecular weight excluding hydrogens is 396 g/mol. The third kappa shape index (κ3) is 5.77. The van der Waals surface area contributed by atoms with E-state index in [1.165, 1.54) is 11.8 Å². The van der Waals surface area contributed by atoms with Gasteiger partial charge in [0.05, 0.1) is 0 Å². The van der Waals surface area contributed by atoms with E-state index in [0.29, 0.717) is 35.2 Å². The Kier molecular flexibility index (Phi) is 12.3. The molecule has 2 aromatic carbocycles. The van der Waals surface area contributed by atoms with Crippen molar-refractivity contribution in [2.75, 3.05) is 12.3 Å². The van der Waals surface area contributed by atoms with Gasteiger partial charge < -0.3 is 38.2 Å². The van der Waals surface area contributed by atoms with Crippen LogP contribution in [-0.2, 0) is 0 Å². The first-order valence-electron chi connectivity index (χ1n) is 9.90. The predicted molar refractivity (Wildman–Crippen MR) is 130 cm³/mol. The third-order valence-corrected chi connectivity index (χ3v) is 6.06.